The fraction of sp³-hybridized carbons (Fsp3) is 0.571. The summed E-state index contributed by atoms with van der Waals surface area (Å²) in [7, 11) is -1.32. The quantitative estimate of drug-likeness (QED) is 0.632. The second-order valence-corrected chi connectivity index (χ2v) is 11.4. The lowest BCUT2D eigenvalue weighted by Crippen LogP contribution is -2.38. The molecule has 1 aliphatic carbocycles. The summed E-state index contributed by atoms with van der Waals surface area (Å²) in [5.74, 6) is 1.71. The highest BCUT2D eigenvalue weighted by Gasteiger charge is 2.33. The van der Waals surface area contributed by atoms with Crippen LogP contribution >= 0.6 is 11.8 Å². The highest BCUT2D eigenvalue weighted by Crippen LogP contribution is 2.33. The van der Waals surface area contributed by atoms with Gasteiger partial charge >= 0.3 is 0 Å². The standard InChI is InChI=1S/C21H28N4O3S2/c1-24(18-12-13-30(27,28)15-18)19(26)14-29-21-22-20(16-8-4-2-5-9-16)25(23-21)17-10-6-3-7-11-17/h3,6-7,10-11,16,18H,2,4-5,8-9,12-15H2,1H3. The summed E-state index contributed by atoms with van der Waals surface area (Å²) >= 11 is 1.33. The average Bonchev–Trinajstić information content (AvgIpc) is 3.36. The molecular weight excluding hydrogens is 420 g/mol. The lowest BCUT2D eigenvalue weighted by Gasteiger charge is -2.22. The molecule has 1 atom stereocenters. The molecule has 4 rings (SSSR count). The molecule has 2 fully saturated rings. The molecule has 9 heteroatoms. The monoisotopic (exact) mass is 448 g/mol. The van der Waals surface area contributed by atoms with Crippen molar-refractivity contribution in [2.24, 2.45) is 0 Å². The van der Waals surface area contributed by atoms with E-state index in [0.29, 0.717) is 17.5 Å². The van der Waals surface area contributed by atoms with E-state index in [1.165, 1.54) is 31.0 Å². The molecule has 2 aromatic rings. The molecule has 1 saturated heterocycles. The normalized spacial score (nSPS) is 21.6. The zero-order chi connectivity index (χ0) is 21.1. The van der Waals surface area contributed by atoms with E-state index in [1.54, 1.807) is 11.9 Å². The van der Waals surface area contributed by atoms with Crippen molar-refractivity contribution in [3.05, 3.63) is 36.2 Å². The van der Waals surface area contributed by atoms with Crippen LogP contribution in [0.2, 0.25) is 0 Å². The van der Waals surface area contributed by atoms with Crippen molar-refractivity contribution in [2.75, 3.05) is 24.3 Å². The molecule has 162 valence electrons. The van der Waals surface area contributed by atoms with Gasteiger partial charge in [0.15, 0.2) is 9.84 Å². The smallest absolute Gasteiger partial charge is 0.233 e. The van der Waals surface area contributed by atoms with Gasteiger partial charge in [0.2, 0.25) is 11.1 Å². The van der Waals surface area contributed by atoms with Gasteiger partial charge < -0.3 is 4.90 Å². The number of nitrogens with zero attached hydrogens (tertiary/aromatic N) is 4. The maximum absolute atomic E-state index is 12.6. The fourth-order valence-electron chi connectivity index (χ4n) is 4.26. The maximum atomic E-state index is 12.6. The molecule has 1 aromatic carbocycles. The fourth-order valence-corrected chi connectivity index (χ4v) is 6.79. The van der Waals surface area contributed by atoms with Crippen LogP contribution in [-0.4, -0.2) is 64.3 Å². The van der Waals surface area contributed by atoms with E-state index in [9.17, 15) is 13.2 Å². The molecule has 1 saturated carbocycles. The van der Waals surface area contributed by atoms with Gasteiger partial charge in [0.05, 0.1) is 22.9 Å². The van der Waals surface area contributed by atoms with E-state index in [4.69, 9.17) is 10.1 Å². The number of amides is 1. The van der Waals surface area contributed by atoms with Crippen molar-refractivity contribution in [1.82, 2.24) is 19.7 Å². The summed E-state index contributed by atoms with van der Waals surface area (Å²) in [6, 6.07) is 9.78. The minimum Gasteiger partial charge on any atom is -0.341 e. The average molecular weight is 449 g/mol. The van der Waals surface area contributed by atoms with Crippen LogP contribution in [0.5, 0.6) is 0 Å². The Morgan fingerprint density at radius 1 is 1.17 bits per heavy atom. The zero-order valence-corrected chi connectivity index (χ0v) is 18.9. The first-order valence-electron chi connectivity index (χ1n) is 10.5. The first-order valence-corrected chi connectivity index (χ1v) is 13.3. The largest absolute Gasteiger partial charge is 0.341 e. The highest BCUT2D eigenvalue weighted by molar-refractivity contribution is 7.99. The van der Waals surface area contributed by atoms with E-state index in [0.717, 1.165) is 24.4 Å². The van der Waals surface area contributed by atoms with Gasteiger partial charge in [-0.1, -0.05) is 49.2 Å². The molecule has 1 amide bonds. The van der Waals surface area contributed by atoms with Crippen molar-refractivity contribution < 1.29 is 13.2 Å². The molecular formula is C21H28N4O3S2. The number of rotatable bonds is 6. The number of benzene rings is 1. The van der Waals surface area contributed by atoms with E-state index >= 15 is 0 Å². The van der Waals surface area contributed by atoms with Gasteiger partial charge in [-0.2, -0.15) is 0 Å². The van der Waals surface area contributed by atoms with Gasteiger partial charge in [-0.3, -0.25) is 4.79 Å². The number of para-hydroxylation sites is 1. The van der Waals surface area contributed by atoms with Gasteiger partial charge in [-0.05, 0) is 31.4 Å². The van der Waals surface area contributed by atoms with Crippen LogP contribution in [-0.2, 0) is 14.6 Å². The Balaban J connectivity index is 1.47. The number of carbonyl (C=O) groups is 1. The van der Waals surface area contributed by atoms with Crippen molar-refractivity contribution in [1.29, 1.82) is 0 Å². The number of hydrogen-bond acceptors (Lipinski definition) is 6. The number of carbonyl (C=O) groups excluding carboxylic acids is 1. The summed E-state index contributed by atoms with van der Waals surface area (Å²) in [6.45, 7) is 0. The van der Waals surface area contributed by atoms with Crippen LogP contribution in [0.4, 0.5) is 0 Å². The molecule has 30 heavy (non-hydrogen) atoms. The van der Waals surface area contributed by atoms with Gasteiger partial charge in [-0.15, -0.1) is 5.10 Å². The molecule has 0 N–H and O–H groups in total. The number of aromatic nitrogens is 3. The third kappa shape index (κ3) is 4.88. The summed E-state index contributed by atoms with van der Waals surface area (Å²) < 4.78 is 25.3. The van der Waals surface area contributed by atoms with Crippen molar-refractivity contribution in [3.63, 3.8) is 0 Å². The highest BCUT2D eigenvalue weighted by atomic mass is 32.2. The molecule has 1 aliphatic heterocycles. The number of thioether (sulfide) groups is 1. The minimum atomic E-state index is -3.02. The molecule has 0 spiro atoms. The van der Waals surface area contributed by atoms with E-state index in [-0.39, 0.29) is 29.2 Å². The Morgan fingerprint density at radius 2 is 1.90 bits per heavy atom. The third-order valence-corrected chi connectivity index (χ3v) is 8.63. The lowest BCUT2D eigenvalue weighted by atomic mass is 9.88. The molecule has 7 nitrogen and oxygen atoms in total. The molecule has 1 aromatic heterocycles. The second-order valence-electron chi connectivity index (χ2n) is 8.19. The van der Waals surface area contributed by atoms with Crippen molar-refractivity contribution >= 4 is 27.5 Å². The summed E-state index contributed by atoms with van der Waals surface area (Å²) in [5, 5.41) is 5.31. The van der Waals surface area contributed by atoms with Crippen LogP contribution < -0.4 is 0 Å². The Kier molecular flexibility index (Phi) is 6.48. The van der Waals surface area contributed by atoms with Gasteiger partial charge in [0.25, 0.3) is 0 Å². The Hall–Kier alpha value is -1.87. The molecule has 0 bridgehead atoms. The van der Waals surface area contributed by atoms with E-state index in [2.05, 4.69) is 0 Å². The molecule has 1 unspecified atom stereocenters. The number of hydrogen-bond donors (Lipinski definition) is 0. The third-order valence-electron chi connectivity index (χ3n) is 6.06. The van der Waals surface area contributed by atoms with Gasteiger partial charge in [0, 0.05) is 19.0 Å². The Bertz CT molecular complexity index is 985. The van der Waals surface area contributed by atoms with E-state index < -0.39 is 9.84 Å². The van der Waals surface area contributed by atoms with E-state index in [1.807, 2.05) is 35.0 Å². The predicted molar refractivity (Wildman–Crippen MR) is 118 cm³/mol. The van der Waals surface area contributed by atoms with Gasteiger partial charge in [0.1, 0.15) is 5.82 Å². The van der Waals surface area contributed by atoms with Crippen molar-refractivity contribution in [3.8, 4) is 5.69 Å². The Labute approximate surface area is 182 Å². The Morgan fingerprint density at radius 3 is 2.57 bits per heavy atom. The minimum absolute atomic E-state index is 0.0621. The first-order chi connectivity index (χ1) is 14.4. The number of sulfone groups is 1. The van der Waals surface area contributed by atoms with Crippen molar-refractivity contribution in [2.45, 2.75) is 55.6 Å². The summed E-state index contributed by atoms with van der Waals surface area (Å²) in [6.07, 6.45) is 6.45. The van der Waals surface area contributed by atoms with Crippen LogP contribution in [0.1, 0.15) is 50.3 Å². The SMILES string of the molecule is CN(C(=O)CSc1nc(C2CCCCC2)n(-c2ccccc2)n1)C1CCS(=O)(=O)C1. The zero-order valence-electron chi connectivity index (χ0n) is 17.2. The molecule has 0 radical (unpaired) electrons. The van der Waals surface area contributed by atoms with Gasteiger partial charge in [-0.25, -0.2) is 18.1 Å². The topological polar surface area (TPSA) is 85.2 Å². The summed E-state index contributed by atoms with van der Waals surface area (Å²) in [4.78, 5) is 19.0. The second kappa shape index (κ2) is 9.09. The van der Waals surface area contributed by atoms with Crippen LogP contribution in [0.25, 0.3) is 5.69 Å². The maximum Gasteiger partial charge on any atom is 0.233 e. The molecule has 2 heterocycles. The lowest BCUT2D eigenvalue weighted by molar-refractivity contribution is -0.128. The first kappa shape index (κ1) is 21.4. The van der Waals surface area contributed by atoms with Crippen LogP contribution in [0.15, 0.2) is 35.5 Å². The summed E-state index contributed by atoms with van der Waals surface area (Å²) in [5.41, 5.74) is 0.983. The predicted octanol–water partition coefficient (Wildman–Crippen LogP) is 3.05. The van der Waals surface area contributed by atoms with Crippen LogP contribution in [0, 0.1) is 0 Å². The molecule has 2 aliphatic rings. The van der Waals surface area contributed by atoms with Crippen LogP contribution in [0.3, 0.4) is 0 Å².